The van der Waals surface area contributed by atoms with Crippen LogP contribution in [-0.2, 0) is 9.22 Å². The van der Waals surface area contributed by atoms with Crippen LogP contribution in [-0.4, -0.2) is 34.0 Å². The standard InChI is InChI=1S/C18H28FNO3Si/c1-13(11-23-24(5,6)18(2,3)4)10-20-15-8-7-14(19)9-16(15)22-12-17(20)21/h7-9,13H,10-12H2,1-6H3/t13-/m0/s1. The van der Waals surface area contributed by atoms with Crippen LogP contribution < -0.4 is 9.64 Å². The molecule has 0 aromatic heterocycles. The molecule has 24 heavy (non-hydrogen) atoms. The van der Waals surface area contributed by atoms with Crippen LogP contribution in [0.1, 0.15) is 27.7 Å². The van der Waals surface area contributed by atoms with Crippen molar-refractivity contribution in [2.24, 2.45) is 5.92 Å². The fourth-order valence-corrected chi connectivity index (χ4v) is 3.44. The smallest absolute Gasteiger partial charge is 0.265 e. The third kappa shape index (κ3) is 4.16. The monoisotopic (exact) mass is 353 g/mol. The van der Waals surface area contributed by atoms with Gasteiger partial charge in [-0.25, -0.2) is 4.39 Å². The first-order valence-corrected chi connectivity index (χ1v) is 11.3. The van der Waals surface area contributed by atoms with E-state index in [9.17, 15) is 9.18 Å². The zero-order valence-corrected chi connectivity index (χ0v) is 16.5. The van der Waals surface area contributed by atoms with Crippen molar-refractivity contribution >= 4 is 19.9 Å². The van der Waals surface area contributed by atoms with Gasteiger partial charge in [0.2, 0.25) is 0 Å². The largest absolute Gasteiger partial charge is 0.481 e. The number of benzene rings is 1. The summed E-state index contributed by atoms with van der Waals surface area (Å²) < 4.78 is 24.9. The maximum Gasteiger partial charge on any atom is 0.265 e. The van der Waals surface area contributed by atoms with Gasteiger partial charge in [0.15, 0.2) is 14.9 Å². The first-order valence-electron chi connectivity index (χ1n) is 8.38. The Balaban J connectivity index is 2.04. The molecular weight excluding hydrogens is 325 g/mol. The normalized spacial score (nSPS) is 16.6. The van der Waals surface area contributed by atoms with Gasteiger partial charge in [-0.1, -0.05) is 27.7 Å². The zero-order chi connectivity index (χ0) is 18.1. The molecule has 1 aliphatic heterocycles. The molecule has 0 saturated heterocycles. The molecule has 0 radical (unpaired) electrons. The average molecular weight is 354 g/mol. The maximum atomic E-state index is 13.3. The number of carbonyl (C=O) groups is 1. The Morgan fingerprint density at radius 2 is 2.04 bits per heavy atom. The Labute approximate surface area is 145 Å². The van der Waals surface area contributed by atoms with Crippen LogP contribution in [0, 0.1) is 11.7 Å². The summed E-state index contributed by atoms with van der Waals surface area (Å²) in [5.74, 6) is 0.136. The van der Waals surface area contributed by atoms with Gasteiger partial charge in [-0.05, 0) is 36.2 Å². The van der Waals surface area contributed by atoms with Crippen LogP contribution in [0.15, 0.2) is 18.2 Å². The molecule has 4 nitrogen and oxygen atoms in total. The number of fused-ring (bicyclic) bond motifs is 1. The summed E-state index contributed by atoms with van der Waals surface area (Å²) in [6.45, 7) is 14.2. The Kier molecular flexibility index (Phi) is 5.40. The minimum absolute atomic E-state index is 0.0493. The lowest BCUT2D eigenvalue weighted by Crippen LogP contribution is -2.45. The Hall–Kier alpha value is -1.40. The molecule has 0 N–H and O–H groups in total. The molecule has 1 heterocycles. The number of ether oxygens (including phenoxy) is 1. The molecule has 0 bridgehead atoms. The maximum absolute atomic E-state index is 13.3. The summed E-state index contributed by atoms with van der Waals surface area (Å²) in [6.07, 6.45) is 0. The molecule has 0 fully saturated rings. The molecule has 0 spiro atoms. The highest BCUT2D eigenvalue weighted by Gasteiger charge is 2.37. The summed E-state index contributed by atoms with van der Waals surface area (Å²) >= 11 is 0. The second-order valence-electron chi connectivity index (χ2n) is 8.08. The minimum Gasteiger partial charge on any atom is -0.481 e. The summed E-state index contributed by atoms with van der Waals surface area (Å²) in [5, 5.41) is 0.158. The number of amides is 1. The summed E-state index contributed by atoms with van der Waals surface area (Å²) in [5.41, 5.74) is 0.631. The third-order valence-electron chi connectivity index (χ3n) is 4.89. The number of hydrogen-bond donors (Lipinski definition) is 0. The molecule has 0 saturated carbocycles. The van der Waals surface area contributed by atoms with Crippen molar-refractivity contribution in [3.63, 3.8) is 0 Å². The van der Waals surface area contributed by atoms with Crippen molar-refractivity contribution in [2.75, 3.05) is 24.7 Å². The minimum atomic E-state index is -1.81. The number of halogens is 1. The van der Waals surface area contributed by atoms with Crippen LogP contribution >= 0.6 is 0 Å². The lowest BCUT2D eigenvalue weighted by molar-refractivity contribution is -0.121. The van der Waals surface area contributed by atoms with E-state index in [1.54, 1.807) is 11.0 Å². The van der Waals surface area contributed by atoms with E-state index >= 15 is 0 Å². The topological polar surface area (TPSA) is 38.8 Å². The van der Waals surface area contributed by atoms with Gasteiger partial charge in [0, 0.05) is 19.2 Å². The molecular formula is C18H28FNO3Si. The van der Waals surface area contributed by atoms with Gasteiger partial charge in [0.1, 0.15) is 11.6 Å². The van der Waals surface area contributed by atoms with E-state index in [4.69, 9.17) is 9.16 Å². The molecule has 1 atom stereocenters. The molecule has 1 amide bonds. The molecule has 134 valence electrons. The molecule has 0 unspecified atom stereocenters. The Bertz CT molecular complexity index is 613. The van der Waals surface area contributed by atoms with Gasteiger partial charge >= 0.3 is 0 Å². The van der Waals surface area contributed by atoms with E-state index in [0.29, 0.717) is 24.6 Å². The van der Waals surface area contributed by atoms with Gasteiger partial charge in [0.05, 0.1) is 5.69 Å². The lowest BCUT2D eigenvalue weighted by Gasteiger charge is -2.38. The molecule has 1 aromatic carbocycles. The summed E-state index contributed by atoms with van der Waals surface area (Å²) in [4.78, 5) is 13.9. The first-order chi connectivity index (χ1) is 11.0. The fourth-order valence-electron chi connectivity index (χ4n) is 2.31. The molecule has 6 heteroatoms. The van der Waals surface area contributed by atoms with Crippen LogP contribution in [0.25, 0.3) is 0 Å². The van der Waals surface area contributed by atoms with E-state index in [2.05, 4.69) is 40.8 Å². The van der Waals surface area contributed by atoms with Crippen LogP contribution in [0.3, 0.4) is 0 Å². The van der Waals surface area contributed by atoms with Crippen molar-refractivity contribution in [1.82, 2.24) is 0 Å². The fraction of sp³-hybridized carbons (Fsp3) is 0.611. The van der Waals surface area contributed by atoms with E-state index in [-0.39, 0.29) is 29.3 Å². The van der Waals surface area contributed by atoms with Gasteiger partial charge < -0.3 is 14.1 Å². The molecule has 0 aliphatic carbocycles. The zero-order valence-electron chi connectivity index (χ0n) is 15.5. The molecule has 1 aliphatic rings. The van der Waals surface area contributed by atoms with Crippen molar-refractivity contribution in [2.45, 2.75) is 45.8 Å². The van der Waals surface area contributed by atoms with Gasteiger partial charge in [-0.15, -0.1) is 0 Å². The second kappa shape index (κ2) is 6.84. The van der Waals surface area contributed by atoms with Crippen molar-refractivity contribution in [3.05, 3.63) is 24.0 Å². The first kappa shape index (κ1) is 18.9. The number of rotatable bonds is 5. The van der Waals surface area contributed by atoms with Gasteiger partial charge in [-0.2, -0.15) is 0 Å². The third-order valence-corrected chi connectivity index (χ3v) is 9.39. The van der Waals surface area contributed by atoms with Crippen LogP contribution in [0.5, 0.6) is 5.75 Å². The second-order valence-corrected chi connectivity index (χ2v) is 12.9. The Morgan fingerprint density at radius 3 is 2.67 bits per heavy atom. The van der Waals surface area contributed by atoms with Crippen molar-refractivity contribution < 1.29 is 18.3 Å². The SMILES string of the molecule is C[C@H](CO[Si](C)(C)C(C)(C)C)CN1C(=O)COc2cc(F)ccc21. The van der Waals surface area contributed by atoms with E-state index in [0.717, 1.165) is 0 Å². The number of nitrogens with zero attached hydrogens (tertiary/aromatic N) is 1. The highest BCUT2D eigenvalue weighted by atomic mass is 28.4. The van der Waals surface area contributed by atoms with E-state index in [1.807, 2.05) is 0 Å². The summed E-state index contributed by atoms with van der Waals surface area (Å²) in [7, 11) is -1.81. The molecule has 1 aromatic rings. The van der Waals surface area contributed by atoms with Gasteiger partial charge in [0.25, 0.3) is 5.91 Å². The van der Waals surface area contributed by atoms with Gasteiger partial charge in [-0.3, -0.25) is 4.79 Å². The number of carbonyl (C=O) groups excluding carboxylic acids is 1. The predicted molar refractivity (Wildman–Crippen MR) is 96.6 cm³/mol. The van der Waals surface area contributed by atoms with Crippen LogP contribution in [0.2, 0.25) is 18.1 Å². The predicted octanol–water partition coefficient (Wildman–Crippen LogP) is 4.21. The number of hydrogen-bond acceptors (Lipinski definition) is 3. The Morgan fingerprint density at radius 1 is 1.38 bits per heavy atom. The van der Waals surface area contributed by atoms with Crippen LogP contribution in [0.4, 0.5) is 10.1 Å². The quantitative estimate of drug-likeness (QED) is 0.744. The summed E-state index contributed by atoms with van der Waals surface area (Å²) in [6, 6.07) is 4.28. The average Bonchev–Trinajstić information content (AvgIpc) is 2.47. The van der Waals surface area contributed by atoms with Crippen molar-refractivity contribution in [3.8, 4) is 5.75 Å². The lowest BCUT2D eigenvalue weighted by atomic mass is 10.1. The van der Waals surface area contributed by atoms with Crippen molar-refractivity contribution in [1.29, 1.82) is 0 Å². The highest BCUT2D eigenvalue weighted by molar-refractivity contribution is 6.74. The molecule has 2 rings (SSSR count). The highest BCUT2D eigenvalue weighted by Crippen LogP contribution is 2.37. The van der Waals surface area contributed by atoms with E-state index < -0.39 is 8.32 Å². The number of anilines is 1. The van der Waals surface area contributed by atoms with E-state index in [1.165, 1.54) is 12.1 Å².